The Labute approximate surface area is 216 Å². The first-order valence-corrected chi connectivity index (χ1v) is 13.1. The third-order valence-corrected chi connectivity index (χ3v) is 6.97. The fraction of sp³-hybridized carbons (Fsp3) is 0.259. The van der Waals surface area contributed by atoms with E-state index < -0.39 is 15.9 Å². The Morgan fingerprint density at radius 3 is 2.43 bits per heavy atom. The average Bonchev–Trinajstić information content (AvgIpc) is 2.82. The molecule has 37 heavy (non-hydrogen) atoms. The number of amides is 1. The summed E-state index contributed by atoms with van der Waals surface area (Å²) in [6, 6.07) is 9.47. The van der Waals surface area contributed by atoms with Crippen LogP contribution in [0.5, 0.6) is 0 Å². The van der Waals surface area contributed by atoms with Crippen molar-refractivity contribution in [1.29, 1.82) is 0 Å². The van der Waals surface area contributed by atoms with Crippen molar-refractivity contribution in [3.05, 3.63) is 87.0 Å². The minimum absolute atomic E-state index is 0.0290. The molecule has 0 aliphatic carbocycles. The number of nitrogens with two attached hydrogens (primary N) is 1. The highest BCUT2D eigenvalue weighted by molar-refractivity contribution is 7.89. The molecule has 0 fully saturated rings. The van der Waals surface area contributed by atoms with Gasteiger partial charge in [-0.05, 0) is 63.6 Å². The van der Waals surface area contributed by atoms with Crippen molar-refractivity contribution in [3.63, 3.8) is 0 Å². The molecule has 3 rings (SSSR count). The van der Waals surface area contributed by atoms with Gasteiger partial charge in [0.05, 0.1) is 16.2 Å². The van der Waals surface area contributed by atoms with Crippen molar-refractivity contribution in [2.24, 2.45) is 5.14 Å². The number of aromatic amines is 1. The van der Waals surface area contributed by atoms with E-state index >= 15 is 0 Å². The second-order valence-electron chi connectivity index (χ2n) is 9.04. The number of benzene rings is 1. The number of aromatic nitrogens is 2. The number of nitrogens with one attached hydrogen (secondary N) is 2. The number of rotatable bonds is 8. The summed E-state index contributed by atoms with van der Waals surface area (Å²) in [7, 11) is -2.00. The lowest BCUT2D eigenvalue weighted by molar-refractivity contribution is 0.0950. The van der Waals surface area contributed by atoms with Crippen LogP contribution in [0.15, 0.2) is 58.4 Å². The summed E-state index contributed by atoms with van der Waals surface area (Å²) in [5.74, 6) is 0.109. The first-order valence-electron chi connectivity index (χ1n) is 11.6. The van der Waals surface area contributed by atoms with Gasteiger partial charge in [0.2, 0.25) is 10.0 Å². The molecule has 1 aromatic carbocycles. The van der Waals surface area contributed by atoms with Crippen LogP contribution in [-0.4, -0.2) is 37.4 Å². The zero-order chi connectivity index (χ0) is 27.5. The van der Waals surface area contributed by atoms with Crippen molar-refractivity contribution in [1.82, 2.24) is 15.3 Å². The van der Waals surface area contributed by atoms with Crippen LogP contribution >= 0.6 is 0 Å². The van der Waals surface area contributed by atoms with E-state index in [1.165, 1.54) is 12.1 Å². The molecule has 0 unspecified atom stereocenters. The van der Waals surface area contributed by atoms with E-state index in [0.29, 0.717) is 33.8 Å². The summed E-state index contributed by atoms with van der Waals surface area (Å²) in [6.07, 6.45) is 1.59. The fourth-order valence-electron chi connectivity index (χ4n) is 3.82. The first kappa shape index (κ1) is 27.6. The third kappa shape index (κ3) is 6.24. The summed E-state index contributed by atoms with van der Waals surface area (Å²) in [4.78, 5) is 35.3. The summed E-state index contributed by atoms with van der Waals surface area (Å²) < 4.78 is 23.4. The molecule has 2 aromatic heterocycles. The van der Waals surface area contributed by atoms with E-state index in [0.717, 1.165) is 11.3 Å². The Bertz CT molecular complexity index is 1550. The van der Waals surface area contributed by atoms with E-state index in [-0.39, 0.29) is 23.0 Å². The molecule has 10 heteroatoms. The third-order valence-electron chi connectivity index (χ3n) is 6.04. The van der Waals surface area contributed by atoms with Crippen molar-refractivity contribution in [2.45, 2.75) is 45.2 Å². The number of H-pyrrole nitrogens is 1. The molecule has 0 spiro atoms. The lowest BCUT2D eigenvalue weighted by atomic mass is 10.0. The van der Waals surface area contributed by atoms with E-state index in [1.807, 2.05) is 38.8 Å². The van der Waals surface area contributed by atoms with E-state index in [4.69, 9.17) is 10.1 Å². The number of aryl methyl sites for hydroxylation is 2. The average molecular weight is 522 g/mol. The molecule has 0 radical (unpaired) electrons. The molecule has 0 bridgehead atoms. The summed E-state index contributed by atoms with van der Waals surface area (Å²) in [5.41, 5.74) is 6.34. The fourth-order valence-corrected chi connectivity index (χ4v) is 4.33. The van der Waals surface area contributed by atoms with Gasteiger partial charge in [-0.2, -0.15) is 0 Å². The van der Waals surface area contributed by atoms with Gasteiger partial charge >= 0.3 is 0 Å². The predicted octanol–water partition coefficient (Wildman–Crippen LogP) is 3.27. The highest BCUT2D eigenvalue weighted by Crippen LogP contribution is 2.30. The SMILES string of the molecule is C=C=Cc1c(C(=O)NCc2c(C)cc(C)[nH]c2=O)cc(-c2ccc(S(N)(=O)=O)cc2)nc1N(C)C(C)C. The summed E-state index contributed by atoms with van der Waals surface area (Å²) >= 11 is 0. The van der Waals surface area contributed by atoms with Gasteiger partial charge in [-0.25, -0.2) is 18.5 Å². The summed E-state index contributed by atoms with van der Waals surface area (Å²) in [5, 5.41) is 8.07. The molecule has 2 heterocycles. The lowest BCUT2D eigenvalue weighted by Crippen LogP contribution is -2.31. The van der Waals surface area contributed by atoms with Crippen LogP contribution in [0.25, 0.3) is 17.3 Å². The Morgan fingerprint density at radius 1 is 1.24 bits per heavy atom. The molecule has 0 aliphatic rings. The van der Waals surface area contributed by atoms with Crippen LogP contribution in [0.1, 0.15) is 46.6 Å². The molecular weight excluding hydrogens is 490 g/mol. The molecule has 194 valence electrons. The Hall–Kier alpha value is -3.98. The number of pyridine rings is 2. The van der Waals surface area contributed by atoms with Crippen LogP contribution in [0.2, 0.25) is 0 Å². The number of hydrogen-bond acceptors (Lipinski definition) is 6. The summed E-state index contributed by atoms with van der Waals surface area (Å²) in [6.45, 7) is 11.3. The molecule has 0 aliphatic heterocycles. The number of primary sulfonamides is 1. The zero-order valence-corrected chi connectivity index (χ0v) is 22.4. The van der Waals surface area contributed by atoms with Crippen molar-refractivity contribution >= 4 is 27.8 Å². The maximum atomic E-state index is 13.5. The van der Waals surface area contributed by atoms with Crippen LogP contribution < -0.4 is 20.9 Å². The molecule has 4 N–H and O–H groups in total. The van der Waals surface area contributed by atoms with Crippen molar-refractivity contribution in [3.8, 4) is 11.3 Å². The molecular formula is C27H31N5O4S. The quantitative estimate of drug-likeness (QED) is 0.389. The zero-order valence-electron chi connectivity index (χ0n) is 21.5. The van der Waals surface area contributed by atoms with Gasteiger partial charge in [0, 0.05) is 42.0 Å². The highest BCUT2D eigenvalue weighted by atomic mass is 32.2. The molecule has 9 nitrogen and oxygen atoms in total. The van der Waals surface area contributed by atoms with Crippen LogP contribution in [0.4, 0.5) is 5.82 Å². The normalized spacial score (nSPS) is 11.2. The molecule has 0 saturated carbocycles. The Morgan fingerprint density at radius 2 is 1.89 bits per heavy atom. The molecule has 0 atom stereocenters. The number of carbonyl (C=O) groups is 1. The standard InChI is InChI=1S/C27H31N5O4S/c1-7-8-21-22(26(33)29-15-23-17(4)13-18(5)30-27(23)34)14-24(31-25(21)32(6)16(2)3)19-9-11-20(12-10-19)37(28,35)36/h8-14,16H,1,15H2,2-6H3,(H,29,33)(H,30,34)(H2,28,35,36). The predicted molar refractivity (Wildman–Crippen MR) is 146 cm³/mol. The number of sulfonamides is 1. The van der Waals surface area contributed by atoms with Crippen LogP contribution in [0, 0.1) is 13.8 Å². The van der Waals surface area contributed by atoms with E-state index in [1.54, 1.807) is 31.2 Å². The van der Waals surface area contributed by atoms with Gasteiger partial charge in [0.1, 0.15) is 5.82 Å². The number of anilines is 1. The molecule has 3 aromatic rings. The first-order chi connectivity index (χ1) is 17.3. The molecule has 0 saturated heterocycles. The second kappa shape index (κ2) is 11.0. The lowest BCUT2D eigenvalue weighted by Gasteiger charge is -2.26. The smallest absolute Gasteiger partial charge is 0.253 e. The largest absolute Gasteiger partial charge is 0.357 e. The van der Waals surface area contributed by atoms with E-state index in [2.05, 4.69) is 22.6 Å². The Balaban J connectivity index is 2.14. The van der Waals surface area contributed by atoms with Gasteiger partial charge in [0.25, 0.3) is 11.5 Å². The minimum atomic E-state index is -3.85. The monoisotopic (exact) mass is 521 g/mol. The van der Waals surface area contributed by atoms with Crippen LogP contribution in [-0.2, 0) is 16.6 Å². The van der Waals surface area contributed by atoms with Gasteiger partial charge < -0.3 is 15.2 Å². The van der Waals surface area contributed by atoms with Crippen molar-refractivity contribution < 1.29 is 13.2 Å². The van der Waals surface area contributed by atoms with Gasteiger partial charge in [-0.3, -0.25) is 9.59 Å². The number of carbonyl (C=O) groups excluding carboxylic acids is 1. The van der Waals surface area contributed by atoms with E-state index in [9.17, 15) is 18.0 Å². The Kier molecular flexibility index (Phi) is 8.18. The molecule has 1 amide bonds. The maximum absolute atomic E-state index is 13.5. The topological polar surface area (TPSA) is 138 Å². The minimum Gasteiger partial charge on any atom is -0.357 e. The van der Waals surface area contributed by atoms with Gasteiger partial charge in [0.15, 0.2) is 0 Å². The second-order valence-corrected chi connectivity index (χ2v) is 10.6. The van der Waals surface area contributed by atoms with Crippen molar-refractivity contribution in [2.75, 3.05) is 11.9 Å². The van der Waals surface area contributed by atoms with Gasteiger partial charge in [-0.1, -0.05) is 18.7 Å². The highest BCUT2D eigenvalue weighted by Gasteiger charge is 2.22. The van der Waals surface area contributed by atoms with Crippen LogP contribution in [0.3, 0.4) is 0 Å². The maximum Gasteiger partial charge on any atom is 0.253 e. The van der Waals surface area contributed by atoms with Gasteiger partial charge in [-0.15, -0.1) is 5.73 Å². The number of nitrogens with zero attached hydrogens (tertiary/aromatic N) is 2. The number of hydrogen-bond donors (Lipinski definition) is 3.